The molecule has 0 bridgehead atoms. The highest BCUT2D eigenvalue weighted by Gasteiger charge is 2.42. The van der Waals surface area contributed by atoms with Crippen molar-refractivity contribution in [3.05, 3.63) is 48.5 Å². The first-order valence-electron chi connectivity index (χ1n) is 9.29. The van der Waals surface area contributed by atoms with Gasteiger partial charge in [0.05, 0.1) is 20.0 Å². The van der Waals surface area contributed by atoms with E-state index < -0.39 is 5.54 Å². The summed E-state index contributed by atoms with van der Waals surface area (Å²) in [7, 11) is 3.32. The van der Waals surface area contributed by atoms with Crippen molar-refractivity contribution in [1.29, 1.82) is 0 Å². The molecule has 2 aromatic rings. The summed E-state index contributed by atoms with van der Waals surface area (Å²) in [5.74, 6) is 0.911. The second-order valence-electron chi connectivity index (χ2n) is 6.88. The van der Waals surface area contributed by atoms with Crippen LogP contribution >= 0.6 is 0 Å². The van der Waals surface area contributed by atoms with Crippen molar-refractivity contribution in [1.82, 2.24) is 19.8 Å². The van der Waals surface area contributed by atoms with Crippen molar-refractivity contribution in [2.45, 2.75) is 24.9 Å². The summed E-state index contributed by atoms with van der Waals surface area (Å²) in [4.78, 5) is 19.5. The van der Waals surface area contributed by atoms with Crippen LogP contribution in [0.3, 0.4) is 0 Å². The van der Waals surface area contributed by atoms with Gasteiger partial charge < -0.3 is 19.4 Å². The molecule has 0 unspecified atom stereocenters. The van der Waals surface area contributed by atoms with Crippen LogP contribution in [0.1, 0.15) is 18.4 Å². The third-order valence-electron chi connectivity index (χ3n) is 5.24. The number of benzene rings is 1. The quantitative estimate of drug-likeness (QED) is 0.714. The Morgan fingerprint density at radius 2 is 2.11 bits per heavy atom. The third-order valence-corrected chi connectivity index (χ3v) is 5.24. The second kappa shape index (κ2) is 9.01. The zero-order valence-corrected chi connectivity index (χ0v) is 16.1. The SMILES string of the molecule is COCCNC(=O)C1(n2ccnc2)CCN(Cc2cccc(OC)c2)CC1. The minimum atomic E-state index is -0.588. The lowest BCUT2D eigenvalue weighted by Crippen LogP contribution is -2.55. The highest BCUT2D eigenvalue weighted by molar-refractivity contribution is 5.84. The lowest BCUT2D eigenvalue weighted by molar-refractivity contribution is -0.132. The average Bonchev–Trinajstić information content (AvgIpc) is 3.24. The van der Waals surface area contributed by atoms with E-state index in [1.807, 2.05) is 22.9 Å². The summed E-state index contributed by atoms with van der Waals surface area (Å²) in [6, 6.07) is 8.14. The standard InChI is InChI=1S/C20H28N4O3/c1-26-13-9-22-19(25)20(24-12-8-21-16-24)6-10-23(11-7-20)15-17-4-3-5-18(14-17)27-2/h3-5,8,12,14,16H,6-7,9-11,13,15H2,1-2H3,(H,22,25). The second-order valence-corrected chi connectivity index (χ2v) is 6.88. The molecular formula is C20H28N4O3. The number of imidazole rings is 1. The Labute approximate surface area is 160 Å². The zero-order chi connectivity index (χ0) is 19.1. The third kappa shape index (κ3) is 4.48. The first-order chi connectivity index (χ1) is 13.2. The summed E-state index contributed by atoms with van der Waals surface area (Å²) in [6.07, 6.45) is 6.84. The molecule has 146 valence electrons. The molecule has 27 heavy (non-hydrogen) atoms. The number of likely N-dealkylation sites (tertiary alicyclic amines) is 1. The number of rotatable bonds is 8. The molecule has 0 saturated carbocycles. The predicted octanol–water partition coefficient (Wildman–Crippen LogP) is 1.65. The van der Waals surface area contributed by atoms with E-state index in [1.54, 1.807) is 26.7 Å². The molecule has 1 fully saturated rings. The smallest absolute Gasteiger partial charge is 0.246 e. The molecule has 0 aliphatic carbocycles. The van der Waals surface area contributed by atoms with Gasteiger partial charge in [-0.25, -0.2) is 4.98 Å². The van der Waals surface area contributed by atoms with Gasteiger partial charge in [0.25, 0.3) is 0 Å². The molecule has 1 aromatic carbocycles. The lowest BCUT2D eigenvalue weighted by Gasteiger charge is -2.41. The van der Waals surface area contributed by atoms with E-state index in [1.165, 1.54) is 5.56 Å². The van der Waals surface area contributed by atoms with E-state index in [9.17, 15) is 4.79 Å². The van der Waals surface area contributed by atoms with Gasteiger partial charge in [-0.2, -0.15) is 0 Å². The van der Waals surface area contributed by atoms with Crippen molar-refractivity contribution in [2.75, 3.05) is 40.5 Å². The Morgan fingerprint density at radius 1 is 1.30 bits per heavy atom. The van der Waals surface area contributed by atoms with Gasteiger partial charge in [0.2, 0.25) is 5.91 Å². The van der Waals surface area contributed by atoms with Crippen LogP contribution in [0.4, 0.5) is 0 Å². The summed E-state index contributed by atoms with van der Waals surface area (Å²) in [5, 5.41) is 3.01. The number of ether oxygens (including phenoxy) is 2. The molecule has 0 atom stereocenters. The van der Waals surface area contributed by atoms with Crippen molar-refractivity contribution in [3.8, 4) is 5.75 Å². The summed E-state index contributed by atoms with van der Waals surface area (Å²) in [5.41, 5.74) is 0.629. The number of aromatic nitrogens is 2. The van der Waals surface area contributed by atoms with E-state index in [2.05, 4.69) is 27.3 Å². The van der Waals surface area contributed by atoms with Crippen LogP contribution in [0, 0.1) is 0 Å². The number of methoxy groups -OCH3 is 2. The number of hydrogen-bond donors (Lipinski definition) is 1. The number of piperidine rings is 1. The summed E-state index contributed by atoms with van der Waals surface area (Å²) in [6.45, 7) is 3.55. The number of nitrogens with zero attached hydrogens (tertiary/aromatic N) is 3. The number of nitrogens with one attached hydrogen (secondary N) is 1. The molecule has 1 saturated heterocycles. The first-order valence-corrected chi connectivity index (χ1v) is 9.29. The number of amides is 1. The van der Waals surface area contributed by atoms with E-state index in [0.717, 1.165) is 38.2 Å². The molecule has 1 aliphatic heterocycles. The van der Waals surface area contributed by atoms with E-state index in [-0.39, 0.29) is 5.91 Å². The molecule has 2 heterocycles. The van der Waals surface area contributed by atoms with E-state index in [0.29, 0.717) is 13.2 Å². The number of carbonyl (C=O) groups is 1. The zero-order valence-electron chi connectivity index (χ0n) is 16.1. The fourth-order valence-electron chi connectivity index (χ4n) is 3.66. The van der Waals surface area contributed by atoms with Gasteiger partial charge in [0, 0.05) is 45.7 Å². The van der Waals surface area contributed by atoms with E-state index in [4.69, 9.17) is 9.47 Å². The van der Waals surface area contributed by atoms with Crippen LogP contribution in [0.15, 0.2) is 43.0 Å². The minimum Gasteiger partial charge on any atom is -0.497 e. The lowest BCUT2D eigenvalue weighted by atomic mass is 9.85. The van der Waals surface area contributed by atoms with Gasteiger partial charge in [-0.1, -0.05) is 12.1 Å². The minimum absolute atomic E-state index is 0.0404. The maximum absolute atomic E-state index is 13.0. The molecule has 3 rings (SSSR count). The highest BCUT2D eigenvalue weighted by Crippen LogP contribution is 2.31. The van der Waals surface area contributed by atoms with Crippen LogP contribution < -0.4 is 10.1 Å². The van der Waals surface area contributed by atoms with Crippen molar-refractivity contribution in [3.63, 3.8) is 0 Å². The van der Waals surface area contributed by atoms with Gasteiger partial charge in [0.15, 0.2) is 0 Å². The van der Waals surface area contributed by atoms with E-state index >= 15 is 0 Å². The largest absolute Gasteiger partial charge is 0.497 e. The molecule has 1 aromatic heterocycles. The van der Waals surface area contributed by atoms with Crippen LogP contribution in [0.2, 0.25) is 0 Å². The van der Waals surface area contributed by atoms with Crippen LogP contribution in [0.5, 0.6) is 5.75 Å². The van der Waals surface area contributed by atoms with Gasteiger partial charge in [-0.05, 0) is 30.5 Å². The molecule has 0 spiro atoms. The number of carbonyl (C=O) groups excluding carboxylic acids is 1. The maximum Gasteiger partial charge on any atom is 0.246 e. The van der Waals surface area contributed by atoms with Crippen LogP contribution in [0.25, 0.3) is 0 Å². The Morgan fingerprint density at radius 3 is 2.78 bits per heavy atom. The monoisotopic (exact) mass is 372 g/mol. The molecule has 7 nitrogen and oxygen atoms in total. The molecule has 7 heteroatoms. The van der Waals surface area contributed by atoms with Gasteiger partial charge in [-0.3, -0.25) is 9.69 Å². The van der Waals surface area contributed by atoms with Crippen LogP contribution in [-0.4, -0.2) is 60.8 Å². The average molecular weight is 372 g/mol. The Bertz CT molecular complexity index is 725. The number of hydrogen-bond acceptors (Lipinski definition) is 5. The fraction of sp³-hybridized carbons (Fsp3) is 0.500. The first kappa shape index (κ1) is 19.4. The molecule has 1 N–H and O–H groups in total. The van der Waals surface area contributed by atoms with Gasteiger partial charge in [0.1, 0.15) is 11.3 Å². The van der Waals surface area contributed by atoms with Crippen molar-refractivity contribution in [2.24, 2.45) is 0 Å². The predicted molar refractivity (Wildman–Crippen MR) is 103 cm³/mol. The summed E-state index contributed by atoms with van der Waals surface area (Å²) < 4.78 is 12.3. The van der Waals surface area contributed by atoms with Crippen molar-refractivity contribution < 1.29 is 14.3 Å². The molecule has 1 amide bonds. The Balaban J connectivity index is 1.67. The van der Waals surface area contributed by atoms with Crippen LogP contribution in [-0.2, 0) is 21.6 Å². The molecule has 1 aliphatic rings. The molecule has 0 radical (unpaired) electrons. The van der Waals surface area contributed by atoms with Crippen molar-refractivity contribution >= 4 is 5.91 Å². The fourth-order valence-corrected chi connectivity index (χ4v) is 3.66. The molecular weight excluding hydrogens is 344 g/mol. The maximum atomic E-state index is 13.0. The Hall–Kier alpha value is -2.38. The highest BCUT2D eigenvalue weighted by atomic mass is 16.5. The topological polar surface area (TPSA) is 68.6 Å². The van der Waals surface area contributed by atoms with Gasteiger partial charge in [-0.15, -0.1) is 0 Å². The summed E-state index contributed by atoms with van der Waals surface area (Å²) >= 11 is 0. The normalized spacial score (nSPS) is 16.8. The Kier molecular flexibility index (Phi) is 6.47. The van der Waals surface area contributed by atoms with Gasteiger partial charge >= 0.3 is 0 Å².